The van der Waals surface area contributed by atoms with E-state index in [-0.39, 0.29) is 0 Å². The Labute approximate surface area is 131 Å². The van der Waals surface area contributed by atoms with Gasteiger partial charge in [0.25, 0.3) is 0 Å². The molecule has 1 atom stereocenters. The summed E-state index contributed by atoms with van der Waals surface area (Å²) < 4.78 is 0. The molecule has 0 bridgehead atoms. The monoisotopic (exact) mass is 291 g/mol. The van der Waals surface area contributed by atoms with Gasteiger partial charge in [0.15, 0.2) is 0 Å². The van der Waals surface area contributed by atoms with Gasteiger partial charge in [-0.15, -0.1) is 0 Å². The molecule has 0 aromatic rings. The summed E-state index contributed by atoms with van der Waals surface area (Å²) in [5, 5.41) is 0. The standard InChI is InChI=1S/C19H33NO/c1-5-7-8-9-19(21)20(14-6-2)15-17-10-12-18(13-11-17)16(3)4/h10,18H,3,5-9,11-15H2,1-2,4H3. The van der Waals surface area contributed by atoms with Gasteiger partial charge in [0.2, 0.25) is 5.91 Å². The Morgan fingerprint density at radius 2 is 2.10 bits per heavy atom. The summed E-state index contributed by atoms with van der Waals surface area (Å²) in [6.07, 6.45) is 10.9. The molecule has 0 aromatic carbocycles. The smallest absolute Gasteiger partial charge is 0.222 e. The van der Waals surface area contributed by atoms with Crippen LogP contribution >= 0.6 is 0 Å². The van der Waals surface area contributed by atoms with E-state index in [9.17, 15) is 4.79 Å². The van der Waals surface area contributed by atoms with Crippen LogP contribution in [0.25, 0.3) is 0 Å². The van der Waals surface area contributed by atoms with Crippen molar-refractivity contribution in [3.8, 4) is 0 Å². The summed E-state index contributed by atoms with van der Waals surface area (Å²) in [6, 6.07) is 0. The molecule has 1 unspecified atom stereocenters. The van der Waals surface area contributed by atoms with Crippen molar-refractivity contribution >= 4 is 5.91 Å². The van der Waals surface area contributed by atoms with Crippen LogP contribution in [0, 0.1) is 5.92 Å². The molecule has 0 aliphatic heterocycles. The highest BCUT2D eigenvalue weighted by Gasteiger charge is 2.18. The minimum Gasteiger partial charge on any atom is -0.339 e. The molecule has 0 saturated carbocycles. The molecule has 2 nitrogen and oxygen atoms in total. The molecular formula is C19H33NO. The van der Waals surface area contributed by atoms with E-state index in [2.05, 4.69) is 38.3 Å². The van der Waals surface area contributed by atoms with E-state index in [0.29, 0.717) is 11.8 Å². The van der Waals surface area contributed by atoms with Gasteiger partial charge < -0.3 is 4.90 Å². The van der Waals surface area contributed by atoms with E-state index < -0.39 is 0 Å². The average Bonchev–Trinajstić information content (AvgIpc) is 2.47. The van der Waals surface area contributed by atoms with Crippen LogP contribution in [0.15, 0.2) is 23.8 Å². The second-order valence-electron chi connectivity index (χ2n) is 6.45. The van der Waals surface area contributed by atoms with Crippen LogP contribution in [-0.4, -0.2) is 23.9 Å². The summed E-state index contributed by atoms with van der Waals surface area (Å²) in [5.74, 6) is 0.988. The van der Waals surface area contributed by atoms with E-state index in [1.807, 2.05) is 0 Å². The zero-order chi connectivity index (χ0) is 15.7. The van der Waals surface area contributed by atoms with E-state index in [1.165, 1.54) is 24.0 Å². The van der Waals surface area contributed by atoms with Crippen molar-refractivity contribution in [2.75, 3.05) is 13.1 Å². The molecule has 21 heavy (non-hydrogen) atoms. The van der Waals surface area contributed by atoms with Crippen LogP contribution in [0.2, 0.25) is 0 Å². The number of amides is 1. The zero-order valence-electron chi connectivity index (χ0n) is 14.3. The molecule has 0 saturated heterocycles. The van der Waals surface area contributed by atoms with Crippen molar-refractivity contribution in [2.24, 2.45) is 5.92 Å². The molecule has 0 spiro atoms. The van der Waals surface area contributed by atoms with Crippen molar-refractivity contribution in [3.05, 3.63) is 23.8 Å². The van der Waals surface area contributed by atoms with Gasteiger partial charge in [-0.05, 0) is 44.9 Å². The zero-order valence-corrected chi connectivity index (χ0v) is 14.3. The minimum absolute atomic E-state index is 0.341. The highest BCUT2D eigenvalue weighted by atomic mass is 16.2. The lowest BCUT2D eigenvalue weighted by Crippen LogP contribution is -2.34. The van der Waals surface area contributed by atoms with Gasteiger partial charge in [0.1, 0.15) is 0 Å². The Kier molecular flexibility index (Phi) is 8.41. The molecule has 120 valence electrons. The fourth-order valence-electron chi connectivity index (χ4n) is 2.97. The number of nitrogens with zero attached hydrogens (tertiary/aromatic N) is 1. The highest BCUT2D eigenvalue weighted by Crippen LogP contribution is 2.28. The lowest BCUT2D eigenvalue weighted by Gasteiger charge is -2.28. The molecule has 1 aliphatic carbocycles. The van der Waals surface area contributed by atoms with Gasteiger partial charge in [0.05, 0.1) is 0 Å². The molecule has 1 aliphatic rings. The molecule has 1 rings (SSSR count). The lowest BCUT2D eigenvalue weighted by atomic mass is 9.85. The maximum Gasteiger partial charge on any atom is 0.222 e. The predicted octanol–water partition coefficient (Wildman–Crippen LogP) is 5.11. The topological polar surface area (TPSA) is 20.3 Å². The van der Waals surface area contributed by atoms with Crippen molar-refractivity contribution in [3.63, 3.8) is 0 Å². The van der Waals surface area contributed by atoms with Crippen LogP contribution < -0.4 is 0 Å². The van der Waals surface area contributed by atoms with Crippen molar-refractivity contribution in [2.45, 2.75) is 72.1 Å². The van der Waals surface area contributed by atoms with Crippen LogP contribution in [0.1, 0.15) is 72.1 Å². The summed E-state index contributed by atoms with van der Waals surface area (Å²) in [7, 11) is 0. The number of unbranched alkanes of at least 4 members (excludes halogenated alkanes) is 2. The maximum absolute atomic E-state index is 12.3. The first-order valence-electron chi connectivity index (χ1n) is 8.69. The Balaban J connectivity index is 2.50. The van der Waals surface area contributed by atoms with Gasteiger partial charge in [-0.25, -0.2) is 0 Å². The Bertz CT molecular complexity index is 370. The Hall–Kier alpha value is -1.05. The van der Waals surface area contributed by atoms with Crippen molar-refractivity contribution < 1.29 is 4.79 Å². The van der Waals surface area contributed by atoms with Crippen LogP contribution in [0.4, 0.5) is 0 Å². The number of carbonyl (C=O) groups is 1. The molecule has 2 heteroatoms. The molecule has 0 N–H and O–H groups in total. The van der Waals surface area contributed by atoms with Crippen LogP contribution in [0.5, 0.6) is 0 Å². The highest BCUT2D eigenvalue weighted by molar-refractivity contribution is 5.76. The summed E-state index contributed by atoms with van der Waals surface area (Å²) in [5.41, 5.74) is 2.75. The maximum atomic E-state index is 12.3. The molecule has 0 heterocycles. The fourth-order valence-corrected chi connectivity index (χ4v) is 2.97. The van der Waals surface area contributed by atoms with Gasteiger partial charge in [0, 0.05) is 19.5 Å². The molecule has 0 radical (unpaired) electrons. The fraction of sp³-hybridized carbons (Fsp3) is 0.737. The van der Waals surface area contributed by atoms with Gasteiger partial charge in [-0.3, -0.25) is 4.79 Å². The van der Waals surface area contributed by atoms with Crippen molar-refractivity contribution in [1.82, 2.24) is 4.90 Å². The number of allylic oxidation sites excluding steroid dienone is 2. The van der Waals surface area contributed by atoms with Crippen LogP contribution in [0.3, 0.4) is 0 Å². The SMILES string of the molecule is C=C(C)C1CC=C(CN(CCC)C(=O)CCCCC)CC1. The molecular weight excluding hydrogens is 258 g/mol. The van der Waals surface area contributed by atoms with E-state index in [1.54, 1.807) is 0 Å². The number of hydrogen-bond acceptors (Lipinski definition) is 1. The quantitative estimate of drug-likeness (QED) is 0.427. The van der Waals surface area contributed by atoms with E-state index in [0.717, 1.165) is 51.6 Å². The number of rotatable bonds is 9. The first kappa shape index (κ1) is 18.0. The predicted molar refractivity (Wildman–Crippen MR) is 91.3 cm³/mol. The molecule has 1 amide bonds. The third-order valence-corrected chi connectivity index (χ3v) is 4.44. The number of carbonyl (C=O) groups excluding carboxylic acids is 1. The van der Waals surface area contributed by atoms with Gasteiger partial charge in [-0.1, -0.05) is 50.5 Å². The lowest BCUT2D eigenvalue weighted by molar-refractivity contribution is -0.131. The normalized spacial score (nSPS) is 18.2. The second-order valence-corrected chi connectivity index (χ2v) is 6.45. The Morgan fingerprint density at radius 1 is 1.33 bits per heavy atom. The largest absolute Gasteiger partial charge is 0.339 e. The molecule has 0 aromatic heterocycles. The number of hydrogen-bond donors (Lipinski definition) is 0. The summed E-state index contributed by atoms with van der Waals surface area (Å²) >= 11 is 0. The average molecular weight is 291 g/mol. The van der Waals surface area contributed by atoms with E-state index >= 15 is 0 Å². The first-order valence-corrected chi connectivity index (χ1v) is 8.69. The van der Waals surface area contributed by atoms with Gasteiger partial charge >= 0.3 is 0 Å². The van der Waals surface area contributed by atoms with Crippen LogP contribution in [-0.2, 0) is 4.79 Å². The summed E-state index contributed by atoms with van der Waals surface area (Å²) in [6.45, 7) is 12.3. The van der Waals surface area contributed by atoms with Crippen molar-refractivity contribution in [1.29, 1.82) is 0 Å². The van der Waals surface area contributed by atoms with Gasteiger partial charge in [-0.2, -0.15) is 0 Å². The Morgan fingerprint density at radius 3 is 2.62 bits per heavy atom. The second kappa shape index (κ2) is 9.81. The van der Waals surface area contributed by atoms with E-state index in [4.69, 9.17) is 0 Å². The summed E-state index contributed by atoms with van der Waals surface area (Å²) in [4.78, 5) is 14.4. The third-order valence-electron chi connectivity index (χ3n) is 4.44. The minimum atomic E-state index is 0.341. The third kappa shape index (κ3) is 6.50. The molecule has 0 fully saturated rings. The first-order chi connectivity index (χ1) is 10.1.